The van der Waals surface area contributed by atoms with E-state index in [1.807, 2.05) is 6.92 Å². The molecular weight excluding hydrogens is 205 g/mol. The van der Waals surface area contributed by atoms with Gasteiger partial charge in [0.1, 0.15) is 5.82 Å². The fourth-order valence-corrected chi connectivity index (χ4v) is 1.08. The normalized spacial score (nSPS) is 12.4. The Morgan fingerprint density at radius 2 is 2.06 bits per heavy atom. The maximum Gasteiger partial charge on any atom is 0.123 e. The van der Waals surface area contributed by atoms with Crippen molar-refractivity contribution in [1.29, 1.82) is 0 Å². The second-order valence-corrected chi connectivity index (χ2v) is 3.21. The maximum absolute atomic E-state index is 12.7. The van der Waals surface area contributed by atoms with Gasteiger partial charge in [0, 0.05) is 17.6 Å². The van der Waals surface area contributed by atoms with Crippen LogP contribution in [0.15, 0.2) is 52.9 Å². The molecule has 0 saturated heterocycles. The Morgan fingerprint density at radius 3 is 2.62 bits per heavy atom. The van der Waals surface area contributed by atoms with Gasteiger partial charge in [0.2, 0.25) is 0 Å². The van der Waals surface area contributed by atoms with Crippen LogP contribution >= 0.6 is 0 Å². The van der Waals surface area contributed by atoms with Crippen LogP contribution in [-0.4, -0.2) is 6.72 Å². The monoisotopic (exact) mass is 219 g/mol. The molecule has 0 aliphatic rings. The molecule has 16 heavy (non-hydrogen) atoms. The Kier molecular flexibility index (Phi) is 4.27. The maximum atomic E-state index is 12.7. The Hall–Kier alpha value is -2.10. The molecule has 0 heterocycles. The van der Waals surface area contributed by atoms with Crippen LogP contribution in [0.4, 0.5) is 10.1 Å². The van der Waals surface area contributed by atoms with Crippen molar-refractivity contribution in [2.24, 2.45) is 10.7 Å². The molecule has 3 N–H and O–H groups in total. The number of nitrogens with two attached hydrogens (primary N) is 1. The van der Waals surface area contributed by atoms with Crippen molar-refractivity contribution in [2.75, 3.05) is 5.32 Å². The van der Waals surface area contributed by atoms with Crippen molar-refractivity contribution in [2.45, 2.75) is 6.92 Å². The molecule has 0 fully saturated rings. The van der Waals surface area contributed by atoms with Crippen molar-refractivity contribution in [3.8, 4) is 0 Å². The molecule has 0 atom stereocenters. The lowest BCUT2D eigenvalue weighted by molar-refractivity contribution is 0.628. The first-order chi connectivity index (χ1) is 7.63. The molecule has 0 amide bonds. The Balaban J connectivity index is 2.77. The summed E-state index contributed by atoms with van der Waals surface area (Å²) in [5.41, 5.74) is 7.85. The van der Waals surface area contributed by atoms with Gasteiger partial charge in [-0.1, -0.05) is 0 Å². The van der Waals surface area contributed by atoms with Gasteiger partial charge in [0.05, 0.1) is 5.70 Å². The first kappa shape index (κ1) is 12.0. The smallest absolute Gasteiger partial charge is 0.123 e. The minimum absolute atomic E-state index is 0.268. The number of allylic oxidation sites excluding steroid dienone is 2. The molecule has 1 aromatic carbocycles. The summed E-state index contributed by atoms with van der Waals surface area (Å²) in [6.07, 6.45) is 3.14. The molecule has 0 bridgehead atoms. The van der Waals surface area contributed by atoms with Gasteiger partial charge < -0.3 is 11.1 Å². The van der Waals surface area contributed by atoms with Crippen molar-refractivity contribution in [3.63, 3.8) is 0 Å². The van der Waals surface area contributed by atoms with Crippen LogP contribution in [0.5, 0.6) is 0 Å². The molecule has 3 nitrogen and oxygen atoms in total. The molecule has 0 aliphatic carbocycles. The molecule has 0 radical (unpaired) electrons. The van der Waals surface area contributed by atoms with Crippen molar-refractivity contribution < 1.29 is 4.39 Å². The van der Waals surface area contributed by atoms with E-state index in [-0.39, 0.29) is 5.82 Å². The number of aliphatic imine (C=N–C) groups is 1. The number of anilines is 1. The van der Waals surface area contributed by atoms with Gasteiger partial charge in [0.25, 0.3) is 0 Å². The van der Waals surface area contributed by atoms with E-state index >= 15 is 0 Å². The molecule has 4 heteroatoms. The first-order valence-corrected chi connectivity index (χ1v) is 4.75. The van der Waals surface area contributed by atoms with Crippen LogP contribution in [-0.2, 0) is 0 Å². The first-order valence-electron chi connectivity index (χ1n) is 4.75. The van der Waals surface area contributed by atoms with Gasteiger partial charge in [-0.25, -0.2) is 4.39 Å². The minimum atomic E-state index is -0.268. The molecule has 0 spiro atoms. The second kappa shape index (κ2) is 5.70. The van der Waals surface area contributed by atoms with Gasteiger partial charge in [-0.2, -0.15) is 0 Å². The van der Waals surface area contributed by atoms with Crippen LogP contribution in [0, 0.1) is 5.82 Å². The Labute approximate surface area is 94.2 Å². The summed E-state index contributed by atoms with van der Waals surface area (Å²) in [5.74, 6) is -0.268. The molecule has 0 aliphatic heterocycles. The quantitative estimate of drug-likeness (QED) is 0.604. The largest absolute Gasteiger partial charge is 0.397 e. The minimum Gasteiger partial charge on any atom is -0.397 e. The van der Waals surface area contributed by atoms with E-state index in [2.05, 4.69) is 17.0 Å². The number of nitrogens with one attached hydrogen (secondary N) is 1. The number of hydrogen-bond acceptors (Lipinski definition) is 3. The second-order valence-electron chi connectivity index (χ2n) is 3.21. The van der Waals surface area contributed by atoms with Crippen LogP contribution in [0.1, 0.15) is 6.92 Å². The average Bonchev–Trinajstić information content (AvgIpc) is 2.29. The average molecular weight is 219 g/mol. The molecule has 84 valence electrons. The summed E-state index contributed by atoms with van der Waals surface area (Å²) in [6.45, 7) is 5.13. The summed E-state index contributed by atoms with van der Waals surface area (Å²) in [5, 5.41) is 3.05. The highest BCUT2D eigenvalue weighted by atomic mass is 19.1. The van der Waals surface area contributed by atoms with Crippen molar-refractivity contribution >= 4 is 12.4 Å². The summed E-state index contributed by atoms with van der Waals surface area (Å²) in [6, 6.07) is 6.04. The summed E-state index contributed by atoms with van der Waals surface area (Å²) >= 11 is 0. The highest BCUT2D eigenvalue weighted by Crippen LogP contribution is 2.12. The van der Waals surface area contributed by atoms with Gasteiger partial charge in [-0.15, -0.1) is 0 Å². The van der Waals surface area contributed by atoms with Gasteiger partial charge in [-0.3, -0.25) is 4.99 Å². The third-order valence-electron chi connectivity index (χ3n) is 1.97. The standard InChI is InChI=1S/C12H14FN3/c1-9(12(14)7-8-15-2)16-11-5-3-10(13)4-6-11/h3-8,16H,2,14H2,1H3/b8-7-,12-9-. The van der Waals surface area contributed by atoms with E-state index in [0.717, 1.165) is 11.4 Å². The van der Waals surface area contributed by atoms with E-state index < -0.39 is 0 Å². The third kappa shape index (κ3) is 3.57. The summed E-state index contributed by atoms with van der Waals surface area (Å²) in [4.78, 5) is 3.55. The number of hydrogen-bond donors (Lipinski definition) is 2. The SMILES string of the molecule is C=N/C=C\C(N)=C(/C)Nc1ccc(F)cc1. The third-order valence-corrected chi connectivity index (χ3v) is 1.97. The van der Waals surface area contributed by atoms with Gasteiger partial charge >= 0.3 is 0 Å². The summed E-state index contributed by atoms with van der Waals surface area (Å²) in [7, 11) is 0. The van der Waals surface area contributed by atoms with Crippen LogP contribution in [0.25, 0.3) is 0 Å². The Bertz CT molecular complexity index is 418. The Morgan fingerprint density at radius 1 is 1.44 bits per heavy atom. The highest BCUT2D eigenvalue weighted by Gasteiger charge is 1.96. The summed E-state index contributed by atoms with van der Waals surface area (Å²) < 4.78 is 12.7. The van der Waals surface area contributed by atoms with Gasteiger partial charge in [-0.05, 0) is 44.0 Å². The lowest BCUT2D eigenvalue weighted by atomic mass is 10.3. The van der Waals surface area contributed by atoms with E-state index in [0.29, 0.717) is 5.70 Å². The topological polar surface area (TPSA) is 50.4 Å². The number of nitrogens with zero attached hydrogens (tertiary/aromatic N) is 1. The molecular formula is C12H14FN3. The highest BCUT2D eigenvalue weighted by molar-refractivity contribution is 5.49. The fourth-order valence-electron chi connectivity index (χ4n) is 1.08. The number of rotatable bonds is 4. The van der Waals surface area contributed by atoms with Crippen LogP contribution < -0.4 is 11.1 Å². The van der Waals surface area contributed by atoms with Crippen LogP contribution in [0.3, 0.4) is 0 Å². The number of halogens is 1. The molecule has 0 unspecified atom stereocenters. The molecule has 1 rings (SSSR count). The lowest BCUT2D eigenvalue weighted by Gasteiger charge is -2.08. The lowest BCUT2D eigenvalue weighted by Crippen LogP contribution is -2.05. The molecule has 0 aromatic heterocycles. The van der Waals surface area contributed by atoms with Crippen LogP contribution in [0.2, 0.25) is 0 Å². The van der Waals surface area contributed by atoms with Crippen molar-refractivity contribution in [1.82, 2.24) is 0 Å². The zero-order valence-electron chi connectivity index (χ0n) is 9.07. The van der Waals surface area contributed by atoms with Crippen molar-refractivity contribution in [3.05, 3.63) is 53.8 Å². The van der Waals surface area contributed by atoms with E-state index in [1.165, 1.54) is 18.3 Å². The predicted octanol–water partition coefficient (Wildman–Crippen LogP) is 2.64. The van der Waals surface area contributed by atoms with E-state index in [9.17, 15) is 4.39 Å². The fraction of sp³-hybridized carbons (Fsp3) is 0.0833. The zero-order valence-corrected chi connectivity index (χ0v) is 9.07. The predicted molar refractivity (Wildman–Crippen MR) is 65.6 cm³/mol. The molecule has 1 aromatic rings. The van der Waals surface area contributed by atoms with Gasteiger partial charge in [0.15, 0.2) is 0 Å². The van der Waals surface area contributed by atoms with E-state index in [4.69, 9.17) is 5.73 Å². The molecule has 0 saturated carbocycles. The zero-order chi connectivity index (χ0) is 12.0. The number of benzene rings is 1. The van der Waals surface area contributed by atoms with E-state index in [1.54, 1.807) is 18.2 Å².